The second-order valence-electron chi connectivity index (χ2n) is 6.40. The van der Waals surface area contributed by atoms with Crippen LogP contribution in [0.15, 0.2) is 48.5 Å². The lowest BCUT2D eigenvalue weighted by molar-refractivity contribution is 0.0303. The third-order valence-corrected chi connectivity index (χ3v) is 4.86. The first-order valence-electron chi connectivity index (χ1n) is 8.60. The summed E-state index contributed by atoms with van der Waals surface area (Å²) in [7, 11) is 0. The van der Waals surface area contributed by atoms with E-state index in [-0.39, 0.29) is 5.91 Å². The van der Waals surface area contributed by atoms with Gasteiger partial charge in [0.15, 0.2) is 0 Å². The molecule has 4 nitrogen and oxygen atoms in total. The van der Waals surface area contributed by atoms with E-state index in [0.717, 1.165) is 25.1 Å². The number of carbonyl (C=O) groups is 1. The van der Waals surface area contributed by atoms with Crippen LogP contribution in [0.25, 0.3) is 0 Å². The molecule has 0 N–H and O–H groups in total. The van der Waals surface area contributed by atoms with Crippen molar-refractivity contribution in [3.05, 3.63) is 65.2 Å². The number of amides is 1. The van der Waals surface area contributed by atoms with Crippen LogP contribution in [0.3, 0.4) is 0 Å². The van der Waals surface area contributed by atoms with Crippen LogP contribution in [0.2, 0.25) is 0 Å². The number of carbonyl (C=O) groups excluding carboxylic acids is 1. The van der Waals surface area contributed by atoms with Crippen LogP contribution >= 0.6 is 0 Å². The molecule has 0 radical (unpaired) electrons. The molecule has 0 spiro atoms. The molecule has 24 heavy (non-hydrogen) atoms. The average Bonchev–Trinajstić information content (AvgIpc) is 3.06. The maximum Gasteiger partial charge on any atom is 0.254 e. The Morgan fingerprint density at radius 2 is 1.71 bits per heavy atom. The molecule has 124 valence electrons. The van der Waals surface area contributed by atoms with Crippen molar-refractivity contribution in [3.63, 3.8) is 0 Å². The van der Waals surface area contributed by atoms with Crippen molar-refractivity contribution in [2.24, 2.45) is 0 Å². The van der Waals surface area contributed by atoms with E-state index in [4.69, 9.17) is 4.74 Å². The SMILES string of the molecule is O=C(c1ccc(CN2CCc3ccccc32)cc1)N1CCOCC1. The molecule has 0 aliphatic carbocycles. The number of anilines is 1. The molecule has 0 saturated carbocycles. The van der Waals surface area contributed by atoms with Gasteiger partial charge in [-0.1, -0.05) is 30.3 Å². The minimum Gasteiger partial charge on any atom is -0.378 e. The van der Waals surface area contributed by atoms with Gasteiger partial charge in [0.1, 0.15) is 0 Å². The third kappa shape index (κ3) is 3.02. The van der Waals surface area contributed by atoms with Crippen LogP contribution in [0.1, 0.15) is 21.5 Å². The van der Waals surface area contributed by atoms with E-state index >= 15 is 0 Å². The monoisotopic (exact) mass is 322 g/mol. The summed E-state index contributed by atoms with van der Waals surface area (Å²) in [5.41, 5.74) is 4.77. The Labute approximate surface area is 142 Å². The maximum atomic E-state index is 12.5. The maximum absolute atomic E-state index is 12.5. The van der Waals surface area contributed by atoms with E-state index in [1.165, 1.54) is 16.8 Å². The van der Waals surface area contributed by atoms with E-state index in [9.17, 15) is 4.79 Å². The largest absolute Gasteiger partial charge is 0.378 e. The number of rotatable bonds is 3. The lowest BCUT2D eigenvalue weighted by Crippen LogP contribution is -2.40. The molecule has 0 bridgehead atoms. The summed E-state index contributed by atoms with van der Waals surface area (Å²) in [5.74, 6) is 0.108. The highest BCUT2D eigenvalue weighted by Crippen LogP contribution is 2.28. The Balaban J connectivity index is 1.44. The summed E-state index contributed by atoms with van der Waals surface area (Å²) in [6, 6.07) is 16.7. The number of hydrogen-bond donors (Lipinski definition) is 0. The molecule has 2 aromatic carbocycles. The molecular weight excluding hydrogens is 300 g/mol. The van der Waals surface area contributed by atoms with Crippen molar-refractivity contribution in [2.75, 3.05) is 37.7 Å². The Bertz CT molecular complexity index is 721. The molecule has 2 aliphatic rings. The van der Waals surface area contributed by atoms with Crippen molar-refractivity contribution in [2.45, 2.75) is 13.0 Å². The van der Waals surface area contributed by atoms with Crippen molar-refractivity contribution >= 4 is 11.6 Å². The van der Waals surface area contributed by atoms with Crippen LogP contribution in [-0.4, -0.2) is 43.7 Å². The lowest BCUT2D eigenvalue weighted by Gasteiger charge is -2.27. The average molecular weight is 322 g/mol. The minimum atomic E-state index is 0.108. The van der Waals surface area contributed by atoms with Gasteiger partial charge in [-0.15, -0.1) is 0 Å². The number of benzene rings is 2. The summed E-state index contributed by atoms with van der Waals surface area (Å²) < 4.78 is 5.31. The van der Waals surface area contributed by atoms with Gasteiger partial charge in [0.05, 0.1) is 13.2 Å². The summed E-state index contributed by atoms with van der Waals surface area (Å²) in [6.45, 7) is 4.60. The van der Waals surface area contributed by atoms with Crippen molar-refractivity contribution < 1.29 is 9.53 Å². The van der Waals surface area contributed by atoms with Crippen LogP contribution in [0, 0.1) is 0 Å². The smallest absolute Gasteiger partial charge is 0.254 e. The molecule has 4 rings (SSSR count). The molecule has 0 aromatic heterocycles. The van der Waals surface area contributed by atoms with Gasteiger partial charge in [-0.2, -0.15) is 0 Å². The quantitative estimate of drug-likeness (QED) is 0.871. The van der Waals surface area contributed by atoms with Gasteiger partial charge in [-0.25, -0.2) is 0 Å². The topological polar surface area (TPSA) is 32.8 Å². The standard InChI is InChI=1S/C20H22N2O2/c23-20(21-11-13-24-14-12-21)18-7-5-16(6-8-18)15-22-10-9-17-3-1-2-4-19(17)22/h1-8H,9-15H2. The predicted molar refractivity (Wildman–Crippen MR) is 94.4 cm³/mol. The Hall–Kier alpha value is -2.33. The van der Waals surface area contributed by atoms with Gasteiger partial charge in [-0.05, 0) is 35.7 Å². The molecule has 2 aromatic rings. The van der Waals surface area contributed by atoms with E-state index in [0.29, 0.717) is 26.3 Å². The number of nitrogens with zero attached hydrogens (tertiary/aromatic N) is 2. The number of morpholine rings is 1. The van der Waals surface area contributed by atoms with Gasteiger partial charge in [0.25, 0.3) is 5.91 Å². The van der Waals surface area contributed by atoms with Crippen molar-refractivity contribution in [1.29, 1.82) is 0 Å². The zero-order valence-corrected chi connectivity index (χ0v) is 13.8. The first kappa shape index (κ1) is 15.2. The highest BCUT2D eigenvalue weighted by Gasteiger charge is 2.20. The molecule has 2 heterocycles. The van der Waals surface area contributed by atoms with Crippen molar-refractivity contribution in [3.8, 4) is 0 Å². The molecule has 2 aliphatic heterocycles. The molecule has 0 atom stereocenters. The van der Waals surface area contributed by atoms with E-state index in [1.807, 2.05) is 17.0 Å². The summed E-state index contributed by atoms with van der Waals surface area (Å²) in [6.07, 6.45) is 1.11. The van der Waals surface area contributed by atoms with E-state index in [1.54, 1.807) is 0 Å². The lowest BCUT2D eigenvalue weighted by atomic mass is 10.1. The predicted octanol–water partition coefficient (Wildman–Crippen LogP) is 2.72. The van der Waals surface area contributed by atoms with E-state index in [2.05, 4.69) is 41.3 Å². The first-order chi connectivity index (χ1) is 11.8. The van der Waals surface area contributed by atoms with Gasteiger partial charge in [-0.3, -0.25) is 4.79 Å². The first-order valence-corrected chi connectivity index (χ1v) is 8.60. The number of ether oxygens (including phenoxy) is 1. The van der Waals surface area contributed by atoms with Gasteiger partial charge in [0.2, 0.25) is 0 Å². The van der Waals surface area contributed by atoms with Gasteiger partial charge in [0, 0.05) is 37.4 Å². The molecule has 1 saturated heterocycles. The Morgan fingerprint density at radius 1 is 0.958 bits per heavy atom. The summed E-state index contributed by atoms with van der Waals surface area (Å²) in [4.78, 5) is 16.8. The normalized spacial score (nSPS) is 17.0. The molecule has 1 fully saturated rings. The number of hydrogen-bond acceptors (Lipinski definition) is 3. The van der Waals surface area contributed by atoms with Gasteiger partial charge < -0.3 is 14.5 Å². The zero-order chi connectivity index (χ0) is 16.4. The fourth-order valence-corrected chi connectivity index (χ4v) is 3.49. The fraction of sp³-hybridized carbons (Fsp3) is 0.350. The number of para-hydroxylation sites is 1. The summed E-state index contributed by atoms with van der Waals surface area (Å²) in [5, 5.41) is 0. The molecule has 0 unspecified atom stereocenters. The summed E-state index contributed by atoms with van der Waals surface area (Å²) >= 11 is 0. The number of fused-ring (bicyclic) bond motifs is 1. The second kappa shape index (κ2) is 6.65. The van der Waals surface area contributed by atoms with Gasteiger partial charge >= 0.3 is 0 Å². The van der Waals surface area contributed by atoms with Crippen LogP contribution < -0.4 is 4.90 Å². The van der Waals surface area contributed by atoms with Crippen LogP contribution in [-0.2, 0) is 17.7 Å². The molecule has 4 heteroatoms. The minimum absolute atomic E-state index is 0.108. The zero-order valence-electron chi connectivity index (χ0n) is 13.8. The van der Waals surface area contributed by atoms with Crippen LogP contribution in [0.5, 0.6) is 0 Å². The molecule has 1 amide bonds. The third-order valence-electron chi connectivity index (χ3n) is 4.86. The molecular formula is C20H22N2O2. The Kier molecular flexibility index (Phi) is 4.22. The Morgan fingerprint density at radius 3 is 2.50 bits per heavy atom. The highest BCUT2D eigenvalue weighted by molar-refractivity contribution is 5.94. The van der Waals surface area contributed by atoms with E-state index < -0.39 is 0 Å². The van der Waals surface area contributed by atoms with Crippen molar-refractivity contribution in [1.82, 2.24) is 4.90 Å². The second-order valence-corrected chi connectivity index (χ2v) is 6.40. The van der Waals surface area contributed by atoms with Crippen LogP contribution in [0.4, 0.5) is 5.69 Å². The fourth-order valence-electron chi connectivity index (χ4n) is 3.49. The highest BCUT2D eigenvalue weighted by atomic mass is 16.5.